The maximum atomic E-state index is 13.9. The first kappa shape index (κ1) is 12.3. The first-order valence-electron chi connectivity index (χ1n) is 5.80. The number of anilines is 1. The minimum Gasteiger partial charge on any atom is -0.382 e. The molecule has 2 heterocycles. The summed E-state index contributed by atoms with van der Waals surface area (Å²) in [6, 6.07) is 7.62. The van der Waals surface area contributed by atoms with Crippen molar-refractivity contribution < 1.29 is 8.78 Å². The molecule has 0 aliphatic heterocycles. The molecule has 20 heavy (non-hydrogen) atoms. The maximum absolute atomic E-state index is 13.9. The summed E-state index contributed by atoms with van der Waals surface area (Å²) in [5.74, 6) is -1.36. The van der Waals surface area contributed by atoms with Gasteiger partial charge in [-0.1, -0.05) is 6.07 Å². The number of hydrogen-bond donors (Lipinski definition) is 1. The fourth-order valence-corrected chi connectivity index (χ4v) is 2.10. The highest BCUT2D eigenvalue weighted by Crippen LogP contribution is 2.26. The molecule has 0 bridgehead atoms. The number of fused-ring (bicyclic) bond motifs is 1. The van der Waals surface area contributed by atoms with Crippen molar-refractivity contribution in [2.24, 2.45) is 0 Å². The molecule has 4 nitrogen and oxygen atoms in total. The minimum atomic E-state index is -0.799. The molecule has 0 radical (unpaired) electrons. The summed E-state index contributed by atoms with van der Waals surface area (Å²) in [4.78, 5) is 12.0. The van der Waals surface area contributed by atoms with Crippen molar-refractivity contribution in [1.29, 1.82) is 0 Å². The third-order valence-electron chi connectivity index (χ3n) is 2.96. The quantitative estimate of drug-likeness (QED) is 0.739. The van der Waals surface area contributed by atoms with Crippen LogP contribution in [0.15, 0.2) is 47.4 Å². The number of nitrogen functional groups attached to an aromatic ring is 1. The van der Waals surface area contributed by atoms with Crippen molar-refractivity contribution in [1.82, 2.24) is 9.61 Å². The molecule has 100 valence electrons. The Hall–Kier alpha value is -2.76. The number of halogens is 2. The normalized spacial score (nSPS) is 10.9. The molecule has 6 heteroatoms. The Bertz CT molecular complexity index is 854. The predicted octanol–water partition coefficient (Wildman–Crippen LogP) is 2.22. The lowest BCUT2D eigenvalue weighted by Crippen LogP contribution is -2.11. The highest BCUT2D eigenvalue weighted by Gasteiger charge is 2.17. The Morgan fingerprint density at radius 1 is 1.00 bits per heavy atom. The number of nitrogens with zero attached hydrogens (tertiary/aromatic N) is 2. The number of aromatic nitrogens is 2. The van der Waals surface area contributed by atoms with E-state index in [2.05, 4.69) is 5.10 Å². The lowest BCUT2D eigenvalue weighted by Gasteiger charge is -2.09. The summed E-state index contributed by atoms with van der Waals surface area (Å²) in [5.41, 5.74) is 4.92. The maximum Gasteiger partial charge on any atom is 0.190 e. The topological polar surface area (TPSA) is 60.4 Å². The van der Waals surface area contributed by atoms with Gasteiger partial charge in [-0.15, -0.1) is 0 Å². The molecule has 0 amide bonds. The molecular formula is C14H9F2N3O. The summed E-state index contributed by atoms with van der Waals surface area (Å²) in [6.07, 6.45) is 1.40. The van der Waals surface area contributed by atoms with Gasteiger partial charge >= 0.3 is 0 Å². The SMILES string of the molecule is Nc1ccc2c(-c3c(F)cccc3F)c(=O)ccn2n1. The first-order valence-corrected chi connectivity index (χ1v) is 5.80. The number of benzene rings is 1. The molecule has 0 fully saturated rings. The zero-order valence-corrected chi connectivity index (χ0v) is 10.2. The van der Waals surface area contributed by atoms with Crippen LogP contribution >= 0.6 is 0 Å². The van der Waals surface area contributed by atoms with Crippen molar-refractivity contribution >= 4 is 11.3 Å². The Labute approximate surface area is 112 Å². The van der Waals surface area contributed by atoms with Crippen molar-refractivity contribution in [2.75, 3.05) is 5.73 Å². The van der Waals surface area contributed by atoms with E-state index in [9.17, 15) is 13.6 Å². The highest BCUT2D eigenvalue weighted by atomic mass is 19.1. The molecule has 2 aromatic heterocycles. The molecule has 1 aromatic carbocycles. The van der Waals surface area contributed by atoms with Gasteiger partial charge in [0, 0.05) is 12.3 Å². The summed E-state index contributed by atoms with van der Waals surface area (Å²) in [6.45, 7) is 0. The van der Waals surface area contributed by atoms with Gasteiger partial charge < -0.3 is 5.73 Å². The van der Waals surface area contributed by atoms with Crippen LogP contribution in [0.4, 0.5) is 14.6 Å². The molecule has 0 saturated heterocycles. The molecule has 2 N–H and O–H groups in total. The second-order valence-electron chi connectivity index (χ2n) is 4.24. The van der Waals surface area contributed by atoms with Gasteiger partial charge in [0.2, 0.25) is 0 Å². The average molecular weight is 273 g/mol. The predicted molar refractivity (Wildman–Crippen MR) is 71.2 cm³/mol. The van der Waals surface area contributed by atoms with Crippen LogP contribution in [0.1, 0.15) is 0 Å². The van der Waals surface area contributed by atoms with E-state index >= 15 is 0 Å². The van der Waals surface area contributed by atoms with Gasteiger partial charge in [-0.05, 0) is 24.3 Å². The molecule has 3 aromatic rings. The first-order chi connectivity index (χ1) is 9.58. The van der Waals surface area contributed by atoms with Gasteiger partial charge in [0.05, 0.1) is 16.6 Å². The van der Waals surface area contributed by atoms with Crippen molar-refractivity contribution in [2.45, 2.75) is 0 Å². The Kier molecular flexibility index (Phi) is 2.71. The molecule has 3 rings (SSSR count). The fourth-order valence-electron chi connectivity index (χ4n) is 2.10. The minimum absolute atomic E-state index is 0.0735. The third kappa shape index (κ3) is 1.82. The van der Waals surface area contributed by atoms with Crippen LogP contribution in [0, 0.1) is 11.6 Å². The molecule has 0 saturated carbocycles. The van der Waals surface area contributed by atoms with E-state index in [0.717, 1.165) is 12.1 Å². The Morgan fingerprint density at radius 2 is 1.70 bits per heavy atom. The Morgan fingerprint density at radius 3 is 2.40 bits per heavy atom. The number of rotatable bonds is 1. The van der Waals surface area contributed by atoms with E-state index in [4.69, 9.17) is 5.73 Å². The van der Waals surface area contributed by atoms with Gasteiger partial charge in [0.15, 0.2) is 5.43 Å². The average Bonchev–Trinajstić information content (AvgIpc) is 2.41. The Balaban J connectivity index is 2.47. The van der Waals surface area contributed by atoms with Crippen LogP contribution in [-0.4, -0.2) is 9.61 Å². The van der Waals surface area contributed by atoms with E-state index in [-0.39, 0.29) is 22.5 Å². The second-order valence-corrected chi connectivity index (χ2v) is 4.24. The number of nitrogens with two attached hydrogens (primary N) is 1. The molecule has 0 unspecified atom stereocenters. The van der Waals surface area contributed by atoms with Crippen LogP contribution in [-0.2, 0) is 0 Å². The van der Waals surface area contributed by atoms with E-state index in [1.807, 2.05) is 0 Å². The van der Waals surface area contributed by atoms with Crippen LogP contribution in [0.25, 0.3) is 16.6 Å². The lowest BCUT2D eigenvalue weighted by molar-refractivity contribution is 0.589. The summed E-state index contributed by atoms with van der Waals surface area (Å²) >= 11 is 0. The molecular weight excluding hydrogens is 264 g/mol. The number of pyridine rings is 1. The van der Waals surface area contributed by atoms with Gasteiger partial charge in [0.1, 0.15) is 17.5 Å². The second kappa shape index (κ2) is 4.41. The monoisotopic (exact) mass is 273 g/mol. The standard InChI is InChI=1S/C14H9F2N3O/c15-8-2-1-3-9(16)13(8)14-10-4-5-12(17)18-19(10)7-6-11(14)20/h1-7H,(H2,17,18). The van der Waals surface area contributed by atoms with Crippen LogP contribution in [0.5, 0.6) is 0 Å². The largest absolute Gasteiger partial charge is 0.382 e. The van der Waals surface area contributed by atoms with Crippen LogP contribution in [0.2, 0.25) is 0 Å². The summed E-state index contributed by atoms with van der Waals surface area (Å²) < 4.78 is 29.1. The lowest BCUT2D eigenvalue weighted by atomic mass is 10.0. The van der Waals surface area contributed by atoms with E-state index in [0.29, 0.717) is 0 Å². The van der Waals surface area contributed by atoms with Crippen LogP contribution in [0.3, 0.4) is 0 Å². The molecule has 0 aliphatic rings. The zero-order valence-electron chi connectivity index (χ0n) is 10.2. The smallest absolute Gasteiger partial charge is 0.190 e. The van der Waals surface area contributed by atoms with Gasteiger partial charge in [0.25, 0.3) is 0 Å². The zero-order chi connectivity index (χ0) is 14.3. The summed E-state index contributed by atoms with van der Waals surface area (Å²) in [7, 11) is 0. The van der Waals surface area contributed by atoms with E-state index in [1.165, 1.54) is 35.0 Å². The molecule has 0 atom stereocenters. The summed E-state index contributed by atoms with van der Waals surface area (Å²) in [5, 5.41) is 3.97. The highest BCUT2D eigenvalue weighted by molar-refractivity contribution is 5.80. The van der Waals surface area contributed by atoms with Crippen molar-refractivity contribution in [3.63, 3.8) is 0 Å². The van der Waals surface area contributed by atoms with E-state index < -0.39 is 17.1 Å². The molecule has 0 aliphatic carbocycles. The van der Waals surface area contributed by atoms with Gasteiger partial charge in [-0.2, -0.15) is 5.10 Å². The van der Waals surface area contributed by atoms with Crippen molar-refractivity contribution in [3.8, 4) is 11.1 Å². The number of hydrogen-bond acceptors (Lipinski definition) is 3. The van der Waals surface area contributed by atoms with Gasteiger partial charge in [-0.3, -0.25) is 4.79 Å². The van der Waals surface area contributed by atoms with E-state index in [1.54, 1.807) is 0 Å². The fraction of sp³-hybridized carbons (Fsp3) is 0. The third-order valence-corrected chi connectivity index (χ3v) is 2.96. The van der Waals surface area contributed by atoms with Gasteiger partial charge in [-0.25, -0.2) is 13.3 Å². The van der Waals surface area contributed by atoms with Crippen molar-refractivity contribution in [3.05, 3.63) is 64.5 Å². The van der Waals surface area contributed by atoms with Crippen LogP contribution < -0.4 is 11.2 Å². The molecule has 0 spiro atoms.